The quantitative estimate of drug-likeness (QED) is 0.781. The van der Waals surface area contributed by atoms with Gasteiger partial charge in [0.25, 0.3) is 0 Å². The van der Waals surface area contributed by atoms with Crippen molar-refractivity contribution < 1.29 is 14.3 Å². The first-order valence-corrected chi connectivity index (χ1v) is 9.10. The molecule has 24 heavy (non-hydrogen) atoms. The van der Waals surface area contributed by atoms with E-state index in [9.17, 15) is 9.59 Å². The van der Waals surface area contributed by atoms with Crippen LogP contribution in [0.25, 0.3) is 0 Å². The maximum Gasteiger partial charge on any atom is 0.227 e. The highest BCUT2D eigenvalue weighted by Crippen LogP contribution is 2.55. The minimum Gasteiger partial charge on any atom is -0.371 e. The molecule has 1 aromatic carbocycles. The zero-order valence-corrected chi connectivity index (χ0v) is 14.3. The monoisotopic (exact) mass is 327 g/mol. The molecule has 1 aromatic rings. The molecule has 1 aliphatic heterocycles. The number of hydrogen-bond donors (Lipinski definition) is 0. The molecule has 4 nitrogen and oxygen atoms in total. The summed E-state index contributed by atoms with van der Waals surface area (Å²) in [6, 6.07) is 7.40. The molecule has 2 aliphatic carbocycles. The summed E-state index contributed by atoms with van der Waals surface area (Å²) in [7, 11) is 0. The van der Waals surface area contributed by atoms with Crippen molar-refractivity contribution in [3.05, 3.63) is 35.4 Å². The maximum absolute atomic E-state index is 12.8. The van der Waals surface area contributed by atoms with Crippen molar-refractivity contribution in [2.45, 2.75) is 44.6 Å². The second-order valence-electron chi connectivity index (χ2n) is 7.60. The van der Waals surface area contributed by atoms with E-state index in [2.05, 4.69) is 0 Å². The van der Waals surface area contributed by atoms with Gasteiger partial charge in [0.05, 0.1) is 25.2 Å². The van der Waals surface area contributed by atoms with Crippen LogP contribution in [-0.4, -0.2) is 41.9 Å². The largest absolute Gasteiger partial charge is 0.371 e. The van der Waals surface area contributed by atoms with Gasteiger partial charge in [-0.2, -0.15) is 0 Å². The molecule has 128 valence electrons. The fourth-order valence-electron chi connectivity index (χ4n) is 4.10. The minimum atomic E-state index is -0.0492. The summed E-state index contributed by atoms with van der Waals surface area (Å²) < 4.78 is 6.25. The van der Waals surface area contributed by atoms with E-state index >= 15 is 0 Å². The fraction of sp³-hybridized carbons (Fsp3) is 0.600. The lowest BCUT2D eigenvalue weighted by atomic mass is 9.89. The van der Waals surface area contributed by atoms with Crippen molar-refractivity contribution in [2.24, 2.45) is 11.8 Å². The molecule has 4 rings (SSSR count). The molecular formula is C20H25NO3. The zero-order valence-electron chi connectivity index (χ0n) is 14.3. The molecular weight excluding hydrogens is 302 g/mol. The van der Waals surface area contributed by atoms with Crippen molar-refractivity contribution in [2.75, 3.05) is 19.7 Å². The van der Waals surface area contributed by atoms with E-state index < -0.39 is 0 Å². The van der Waals surface area contributed by atoms with Crippen LogP contribution in [0.3, 0.4) is 0 Å². The van der Waals surface area contributed by atoms with Crippen molar-refractivity contribution in [3.63, 3.8) is 0 Å². The van der Waals surface area contributed by atoms with E-state index in [0.717, 1.165) is 12.1 Å². The molecule has 1 heterocycles. The maximum atomic E-state index is 12.8. The van der Waals surface area contributed by atoms with E-state index in [1.54, 1.807) is 6.92 Å². The zero-order chi connectivity index (χ0) is 16.7. The normalized spacial score (nSPS) is 23.1. The van der Waals surface area contributed by atoms with Crippen molar-refractivity contribution in [3.8, 4) is 0 Å². The summed E-state index contributed by atoms with van der Waals surface area (Å²) in [5.74, 6) is 1.56. The van der Waals surface area contributed by atoms with Crippen molar-refractivity contribution in [1.82, 2.24) is 4.90 Å². The topological polar surface area (TPSA) is 46.6 Å². The Hall–Kier alpha value is -1.68. The number of morpholine rings is 1. The molecule has 0 radical (unpaired) electrons. The molecule has 0 spiro atoms. The van der Waals surface area contributed by atoms with Crippen LogP contribution < -0.4 is 0 Å². The number of Topliss-reactive ketones (excluding diaryl/α,β-unsaturated/α-hetero) is 1. The number of rotatable bonds is 5. The molecule has 0 atom stereocenters. The Kier molecular flexibility index (Phi) is 3.95. The van der Waals surface area contributed by atoms with E-state index in [1.165, 1.54) is 25.7 Å². The smallest absolute Gasteiger partial charge is 0.227 e. The Morgan fingerprint density at radius 1 is 1.12 bits per heavy atom. The Morgan fingerprint density at radius 3 is 2.29 bits per heavy atom. The van der Waals surface area contributed by atoms with Crippen molar-refractivity contribution in [1.29, 1.82) is 0 Å². The number of benzene rings is 1. The molecule has 4 heteroatoms. The predicted octanol–water partition coefficient (Wildman–Crippen LogP) is 2.85. The van der Waals surface area contributed by atoms with Gasteiger partial charge in [-0.05, 0) is 50.0 Å². The lowest BCUT2D eigenvalue weighted by Crippen LogP contribution is -2.56. The molecule has 3 fully saturated rings. The minimum absolute atomic E-state index is 0.0492. The van der Waals surface area contributed by atoms with Gasteiger partial charge >= 0.3 is 0 Å². The Balaban J connectivity index is 1.43. The number of nitrogens with zero attached hydrogens (tertiary/aromatic N) is 1. The van der Waals surface area contributed by atoms with Gasteiger partial charge in [0.15, 0.2) is 5.78 Å². The van der Waals surface area contributed by atoms with Gasteiger partial charge < -0.3 is 9.64 Å². The van der Waals surface area contributed by atoms with Crippen LogP contribution in [0.2, 0.25) is 0 Å². The van der Waals surface area contributed by atoms with Crippen LogP contribution in [0, 0.1) is 11.8 Å². The fourth-order valence-corrected chi connectivity index (χ4v) is 4.10. The third-order valence-corrected chi connectivity index (χ3v) is 5.78. The molecule has 0 aromatic heterocycles. The highest BCUT2D eigenvalue weighted by atomic mass is 16.5. The van der Waals surface area contributed by atoms with Crippen LogP contribution in [0.4, 0.5) is 0 Å². The van der Waals surface area contributed by atoms with Crippen LogP contribution in [0.1, 0.15) is 48.5 Å². The molecule has 3 aliphatic rings. The highest BCUT2D eigenvalue weighted by Gasteiger charge is 2.57. The van der Waals surface area contributed by atoms with Crippen LogP contribution in [0.15, 0.2) is 24.3 Å². The van der Waals surface area contributed by atoms with Crippen LogP contribution >= 0.6 is 0 Å². The lowest BCUT2D eigenvalue weighted by molar-refractivity contribution is -0.159. The van der Waals surface area contributed by atoms with Crippen LogP contribution in [-0.2, 0) is 16.0 Å². The number of carbonyl (C=O) groups excluding carboxylic acids is 2. The summed E-state index contributed by atoms with van der Waals surface area (Å²) in [5.41, 5.74) is 1.62. The summed E-state index contributed by atoms with van der Waals surface area (Å²) in [4.78, 5) is 26.1. The SMILES string of the molecule is CC(=O)c1ccc(CC(=O)N2CCOC(C3CC3)(C3CC3)C2)cc1. The molecule has 1 saturated heterocycles. The molecule has 2 saturated carbocycles. The lowest BCUT2D eigenvalue weighted by Gasteiger charge is -2.44. The van der Waals surface area contributed by atoms with Gasteiger partial charge in [0, 0.05) is 12.1 Å². The molecule has 0 N–H and O–H groups in total. The van der Waals surface area contributed by atoms with E-state index in [1.807, 2.05) is 29.2 Å². The first-order valence-electron chi connectivity index (χ1n) is 9.10. The van der Waals surface area contributed by atoms with Gasteiger partial charge in [0.1, 0.15) is 0 Å². The van der Waals surface area contributed by atoms with Crippen LogP contribution in [0.5, 0.6) is 0 Å². The van der Waals surface area contributed by atoms with E-state index in [-0.39, 0.29) is 17.3 Å². The Bertz CT molecular complexity index is 631. The first-order chi connectivity index (χ1) is 11.6. The van der Waals surface area contributed by atoms with E-state index in [0.29, 0.717) is 37.0 Å². The average molecular weight is 327 g/mol. The van der Waals surface area contributed by atoms with Gasteiger partial charge in [0.2, 0.25) is 5.91 Å². The summed E-state index contributed by atoms with van der Waals surface area (Å²) in [5, 5.41) is 0. The number of ether oxygens (including phenoxy) is 1. The molecule has 0 unspecified atom stereocenters. The second-order valence-corrected chi connectivity index (χ2v) is 7.60. The highest BCUT2D eigenvalue weighted by molar-refractivity contribution is 5.94. The number of ketones is 1. The number of amides is 1. The number of carbonyl (C=O) groups is 2. The second kappa shape index (κ2) is 5.99. The third kappa shape index (κ3) is 3.00. The Morgan fingerprint density at radius 2 is 1.75 bits per heavy atom. The average Bonchev–Trinajstić information content (AvgIpc) is 3.48. The van der Waals surface area contributed by atoms with Gasteiger partial charge in [-0.1, -0.05) is 24.3 Å². The van der Waals surface area contributed by atoms with Gasteiger partial charge in [-0.25, -0.2) is 0 Å². The van der Waals surface area contributed by atoms with Gasteiger partial charge in [-0.15, -0.1) is 0 Å². The first kappa shape index (κ1) is 15.8. The standard InChI is InChI=1S/C20H25NO3/c1-14(22)16-4-2-15(3-5-16)12-19(23)21-10-11-24-20(13-21,17-6-7-17)18-8-9-18/h2-5,17-18H,6-13H2,1H3. The summed E-state index contributed by atoms with van der Waals surface area (Å²) in [6.07, 6.45) is 5.43. The molecule has 0 bridgehead atoms. The summed E-state index contributed by atoms with van der Waals surface area (Å²) >= 11 is 0. The number of hydrogen-bond acceptors (Lipinski definition) is 3. The summed E-state index contributed by atoms with van der Waals surface area (Å²) in [6.45, 7) is 3.70. The van der Waals surface area contributed by atoms with Crippen molar-refractivity contribution >= 4 is 11.7 Å². The Labute approximate surface area is 143 Å². The molecule has 1 amide bonds. The third-order valence-electron chi connectivity index (χ3n) is 5.78. The van der Waals surface area contributed by atoms with E-state index in [4.69, 9.17) is 4.74 Å². The van der Waals surface area contributed by atoms with Gasteiger partial charge in [-0.3, -0.25) is 9.59 Å². The predicted molar refractivity (Wildman–Crippen MR) is 90.9 cm³/mol.